The molecular formula is C14H28N2O2. The number of rotatable bonds is 3. The summed E-state index contributed by atoms with van der Waals surface area (Å²) in [4.78, 5) is 14.0. The summed E-state index contributed by atoms with van der Waals surface area (Å²) in [6, 6.07) is 0.0489. The van der Waals surface area contributed by atoms with Crippen LogP contribution in [0.25, 0.3) is 0 Å². The van der Waals surface area contributed by atoms with E-state index in [4.69, 9.17) is 4.74 Å². The van der Waals surface area contributed by atoms with Crippen molar-refractivity contribution in [2.24, 2.45) is 11.3 Å². The van der Waals surface area contributed by atoms with E-state index in [0.29, 0.717) is 12.5 Å². The molecule has 1 N–H and O–H groups in total. The van der Waals surface area contributed by atoms with Gasteiger partial charge in [0.15, 0.2) is 0 Å². The highest BCUT2D eigenvalue weighted by atomic mass is 16.5. The van der Waals surface area contributed by atoms with Crippen molar-refractivity contribution in [3.63, 3.8) is 0 Å². The fourth-order valence-corrected chi connectivity index (χ4v) is 2.41. The van der Waals surface area contributed by atoms with E-state index in [1.54, 1.807) is 7.11 Å². The molecule has 0 aliphatic carbocycles. The maximum absolute atomic E-state index is 12.1. The third-order valence-corrected chi connectivity index (χ3v) is 3.63. The molecule has 0 spiro atoms. The molecule has 1 aliphatic heterocycles. The molecule has 1 heterocycles. The molecule has 1 saturated heterocycles. The maximum atomic E-state index is 12.1. The van der Waals surface area contributed by atoms with Crippen molar-refractivity contribution in [3.8, 4) is 0 Å². The summed E-state index contributed by atoms with van der Waals surface area (Å²) in [5.41, 5.74) is 0.0389. The van der Waals surface area contributed by atoms with Gasteiger partial charge in [0.25, 0.3) is 0 Å². The number of hydrogen-bond donors (Lipinski definition) is 1. The molecule has 2 atom stereocenters. The topological polar surface area (TPSA) is 41.6 Å². The number of urea groups is 1. The summed E-state index contributed by atoms with van der Waals surface area (Å²) in [5, 5.41) is 2.99. The van der Waals surface area contributed by atoms with Crippen molar-refractivity contribution in [1.29, 1.82) is 0 Å². The van der Waals surface area contributed by atoms with Crippen molar-refractivity contribution >= 4 is 6.03 Å². The number of carbonyl (C=O) groups excluding carboxylic acids is 1. The second-order valence-electron chi connectivity index (χ2n) is 6.47. The van der Waals surface area contributed by atoms with Gasteiger partial charge >= 0.3 is 6.03 Å². The predicted molar refractivity (Wildman–Crippen MR) is 73.6 cm³/mol. The normalized spacial score (nSPS) is 22.7. The number of methoxy groups -OCH3 is 1. The first-order chi connectivity index (χ1) is 8.34. The van der Waals surface area contributed by atoms with Gasteiger partial charge in [-0.1, -0.05) is 27.7 Å². The van der Waals surface area contributed by atoms with Crippen molar-refractivity contribution in [3.05, 3.63) is 0 Å². The van der Waals surface area contributed by atoms with Crippen molar-refractivity contribution < 1.29 is 9.53 Å². The van der Waals surface area contributed by atoms with E-state index in [1.807, 2.05) is 4.90 Å². The summed E-state index contributed by atoms with van der Waals surface area (Å²) in [6.45, 7) is 10.9. The van der Waals surface area contributed by atoms with Crippen molar-refractivity contribution in [1.82, 2.24) is 10.2 Å². The molecule has 0 radical (unpaired) electrons. The number of nitrogens with zero attached hydrogens (tertiary/aromatic N) is 1. The molecule has 0 saturated carbocycles. The zero-order chi connectivity index (χ0) is 13.8. The number of ether oxygens (including phenoxy) is 1. The SMILES string of the molecule is CO[C@H](CNC(=O)N1CCC[C@H](C)C1)C(C)(C)C. The third kappa shape index (κ3) is 4.48. The van der Waals surface area contributed by atoms with Crippen LogP contribution in [0.3, 0.4) is 0 Å². The van der Waals surface area contributed by atoms with E-state index in [9.17, 15) is 4.79 Å². The molecule has 0 aromatic carbocycles. The largest absolute Gasteiger partial charge is 0.379 e. The molecule has 106 valence electrons. The number of amides is 2. The lowest BCUT2D eigenvalue weighted by atomic mass is 9.89. The number of nitrogens with one attached hydrogen (secondary N) is 1. The zero-order valence-electron chi connectivity index (χ0n) is 12.5. The molecular weight excluding hydrogens is 228 g/mol. The number of piperidine rings is 1. The fraction of sp³-hybridized carbons (Fsp3) is 0.929. The van der Waals surface area contributed by atoms with Gasteiger partial charge in [0.2, 0.25) is 0 Å². The Morgan fingerprint density at radius 1 is 1.50 bits per heavy atom. The Balaban J connectivity index is 2.40. The van der Waals surface area contributed by atoms with Crippen LogP contribution in [-0.4, -0.2) is 43.8 Å². The van der Waals surface area contributed by atoms with Crippen LogP contribution in [0.15, 0.2) is 0 Å². The molecule has 1 rings (SSSR count). The van der Waals surface area contributed by atoms with Crippen LogP contribution in [0.4, 0.5) is 4.79 Å². The average molecular weight is 256 g/mol. The molecule has 2 amide bonds. The van der Waals surface area contributed by atoms with Gasteiger partial charge in [0.05, 0.1) is 6.10 Å². The van der Waals surface area contributed by atoms with Crippen LogP contribution in [0.1, 0.15) is 40.5 Å². The number of carbonyl (C=O) groups is 1. The number of likely N-dealkylation sites (tertiary alicyclic amines) is 1. The smallest absolute Gasteiger partial charge is 0.317 e. The molecule has 1 fully saturated rings. The average Bonchev–Trinajstić information content (AvgIpc) is 2.27. The van der Waals surface area contributed by atoms with E-state index >= 15 is 0 Å². The van der Waals surface area contributed by atoms with Crippen LogP contribution in [0.5, 0.6) is 0 Å². The first-order valence-corrected chi connectivity index (χ1v) is 6.90. The van der Waals surface area contributed by atoms with E-state index in [1.165, 1.54) is 6.42 Å². The van der Waals surface area contributed by atoms with Gasteiger partial charge in [-0.15, -0.1) is 0 Å². The summed E-state index contributed by atoms with van der Waals surface area (Å²) in [5.74, 6) is 0.616. The van der Waals surface area contributed by atoms with Crippen LogP contribution in [0.2, 0.25) is 0 Å². The number of hydrogen-bond acceptors (Lipinski definition) is 2. The van der Waals surface area contributed by atoms with Gasteiger partial charge in [-0.3, -0.25) is 0 Å². The van der Waals surface area contributed by atoms with E-state index in [2.05, 4.69) is 33.0 Å². The summed E-state index contributed by atoms with van der Waals surface area (Å²) in [7, 11) is 1.70. The van der Waals surface area contributed by atoms with Gasteiger partial charge in [0, 0.05) is 26.7 Å². The fourth-order valence-electron chi connectivity index (χ4n) is 2.41. The molecule has 0 unspecified atom stereocenters. The molecule has 0 aromatic heterocycles. The van der Waals surface area contributed by atoms with Crippen LogP contribution >= 0.6 is 0 Å². The lowest BCUT2D eigenvalue weighted by molar-refractivity contribution is 0.0182. The highest BCUT2D eigenvalue weighted by molar-refractivity contribution is 5.74. The Kier molecular flexibility index (Phi) is 5.45. The minimum Gasteiger partial charge on any atom is -0.379 e. The highest BCUT2D eigenvalue weighted by Crippen LogP contribution is 2.21. The molecule has 0 aromatic rings. The molecule has 4 nitrogen and oxygen atoms in total. The monoisotopic (exact) mass is 256 g/mol. The third-order valence-electron chi connectivity index (χ3n) is 3.63. The minimum atomic E-state index is 0.0389. The van der Waals surface area contributed by atoms with E-state index in [-0.39, 0.29) is 17.6 Å². The summed E-state index contributed by atoms with van der Waals surface area (Å²) in [6.07, 6.45) is 2.39. The van der Waals surface area contributed by atoms with Gasteiger partial charge in [-0.05, 0) is 24.2 Å². The Labute approximate surface area is 111 Å². The highest BCUT2D eigenvalue weighted by Gasteiger charge is 2.26. The Morgan fingerprint density at radius 3 is 2.67 bits per heavy atom. The van der Waals surface area contributed by atoms with E-state index in [0.717, 1.165) is 19.5 Å². The lowest BCUT2D eigenvalue weighted by Gasteiger charge is -2.33. The second kappa shape index (κ2) is 6.41. The second-order valence-corrected chi connectivity index (χ2v) is 6.47. The van der Waals surface area contributed by atoms with Crippen molar-refractivity contribution in [2.75, 3.05) is 26.7 Å². The Morgan fingerprint density at radius 2 is 2.17 bits per heavy atom. The molecule has 4 heteroatoms. The lowest BCUT2D eigenvalue weighted by Crippen LogP contribution is -2.48. The molecule has 0 bridgehead atoms. The first kappa shape index (κ1) is 15.3. The standard InChI is InChI=1S/C14H28N2O2/c1-11-7-6-8-16(10-11)13(17)15-9-12(18-5)14(2,3)4/h11-12H,6-10H2,1-5H3,(H,15,17)/t11-,12+/m0/s1. The zero-order valence-corrected chi connectivity index (χ0v) is 12.5. The maximum Gasteiger partial charge on any atom is 0.317 e. The van der Waals surface area contributed by atoms with Gasteiger partial charge in [-0.2, -0.15) is 0 Å². The Hall–Kier alpha value is -0.770. The van der Waals surface area contributed by atoms with Gasteiger partial charge < -0.3 is 15.0 Å². The van der Waals surface area contributed by atoms with Crippen LogP contribution in [-0.2, 0) is 4.74 Å². The van der Waals surface area contributed by atoms with Crippen LogP contribution in [0, 0.1) is 11.3 Å². The van der Waals surface area contributed by atoms with E-state index < -0.39 is 0 Å². The van der Waals surface area contributed by atoms with Crippen LogP contribution < -0.4 is 5.32 Å². The molecule has 18 heavy (non-hydrogen) atoms. The quantitative estimate of drug-likeness (QED) is 0.843. The summed E-state index contributed by atoms with van der Waals surface area (Å²) < 4.78 is 5.44. The Bertz CT molecular complexity index is 273. The summed E-state index contributed by atoms with van der Waals surface area (Å²) >= 11 is 0. The predicted octanol–water partition coefficient (Wildman–Crippen LogP) is 2.49. The minimum absolute atomic E-state index is 0.0389. The van der Waals surface area contributed by atoms with Gasteiger partial charge in [-0.25, -0.2) is 4.79 Å². The first-order valence-electron chi connectivity index (χ1n) is 6.90. The molecule has 1 aliphatic rings. The van der Waals surface area contributed by atoms with Crippen molar-refractivity contribution in [2.45, 2.75) is 46.6 Å². The van der Waals surface area contributed by atoms with Gasteiger partial charge in [0.1, 0.15) is 0 Å².